The van der Waals surface area contributed by atoms with Crippen LogP contribution < -0.4 is 16.0 Å². The van der Waals surface area contributed by atoms with E-state index in [-0.39, 0.29) is 17.0 Å². The first-order valence-corrected chi connectivity index (χ1v) is 10.3. The average molecular weight is 460 g/mol. The Hall–Kier alpha value is -3.39. The van der Waals surface area contributed by atoms with Crippen LogP contribution in [-0.4, -0.2) is 36.0 Å². The summed E-state index contributed by atoms with van der Waals surface area (Å²) in [6, 6.07) is 14.0. The van der Waals surface area contributed by atoms with E-state index >= 15 is 0 Å². The topological polar surface area (TPSA) is 114 Å². The molecule has 0 fully saturated rings. The second kappa shape index (κ2) is 11.3. The number of carbonyl (C=O) groups is 4. The van der Waals surface area contributed by atoms with Gasteiger partial charge in [-0.15, -0.1) is 0 Å². The van der Waals surface area contributed by atoms with Crippen molar-refractivity contribution in [2.75, 3.05) is 6.61 Å². The van der Waals surface area contributed by atoms with Gasteiger partial charge in [0.2, 0.25) is 0 Å². The summed E-state index contributed by atoms with van der Waals surface area (Å²) in [4.78, 5) is 48.6. The summed E-state index contributed by atoms with van der Waals surface area (Å²) < 4.78 is 4.99. The molecule has 0 spiro atoms. The van der Waals surface area contributed by atoms with Crippen molar-refractivity contribution in [1.82, 2.24) is 16.0 Å². The van der Waals surface area contributed by atoms with Gasteiger partial charge in [-0.2, -0.15) is 0 Å². The van der Waals surface area contributed by atoms with E-state index in [2.05, 4.69) is 16.0 Å². The first kappa shape index (κ1) is 24.9. The van der Waals surface area contributed by atoms with Crippen LogP contribution in [0, 0.1) is 0 Å². The number of imide groups is 1. The quantitative estimate of drug-likeness (QED) is 0.549. The Labute approximate surface area is 191 Å². The lowest BCUT2D eigenvalue weighted by atomic mass is 10.0. The molecule has 1 unspecified atom stereocenters. The Morgan fingerprint density at radius 1 is 0.969 bits per heavy atom. The van der Waals surface area contributed by atoms with Crippen LogP contribution in [0.5, 0.6) is 0 Å². The van der Waals surface area contributed by atoms with Gasteiger partial charge in [0.25, 0.3) is 11.8 Å². The summed E-state index contributed by atoms with van der Waals surface area (Å²) in [5, 5.41) is 7.71. The highest BCUT2D eigenvalue weighted by atomic mass is 35.5. The van der Waals surface area contributed by atoms with E-state index in [0.717, 1.165) is 0 Å². The number of halogens is 1. The maximum Gasteiger partial charge on any atom is 0.321 e. The van der Waals surface area contributed by atoms with Crippen molar-refractivity contribution < 1.29 is 23.9 Å². The number of rotatable bonds is 7. The molecule has 3 N–H and O–H groups in total. The Balaban J connectivity index is 1.98. The monoisotopic (exact) mass is 459 g/mol. The lowest BCUT2D eigenvalue weighted by Crippen LogP contribution is -2.49. The molecule has 4 amide bonds. The third-order valence-corrected chi connectivity index (χ3v) is 4.43. The second-order valence-corrected chi connectivity index (χ2v) is 8.44. The van der Waals surface area contributed by atoms with Gasteiger partial charge in [0.1, 0.15) is 0 Å². The van der Waals surface area contributed by atoms with Crippen molar-refractivity contribution in [3.05, 3.63) is 70.7 Å². The van der Waals surface area contributed by atoms with Crippen LogP contribution in [0.1, 0.15) is 49.2 Å². The van der Waals surface area contributed by atoms with E-state index in [9.17, 15) is 19.2 Å². The van der Waals surface area contributed by atoms with Gasteiger partial charge >= 0.3 is 12.0 Å². The number of nitrogens with one attached hydrogen (secondary N) is 3. The fourth-order valence-corrected chi connectivity index (χ4v) is 2.95. The van der Waals surface area contributed by atoms with Crippen molar-refractivity contribution in [3.63, 3.8) is 0 Å². The van der Waals surface area contributed by atoms with Gasteiger partial charge < -0.3 is 15.4 Å². The number of amides is 4. The number of urea groups is 1. The van der Waals surface area contributed by atoms with Crippen molar-refractivity contribution in [3.8, 4) is 0 Å². The van der Waals surface area contributed by atoms with Crippen LogP contribution in [-0.2, 0) is 14.3 Å². The molecule has 8 nitrogen and oxygen atoms in total. The van der Waals surface area contributed by atoms with Crippen LogP contribution in [0.15, 0.2) is 54.6 Å². The second-order valence-electron chi connectivity index (χ2n) is 8.03. The molecule has 1 atom stereocenters. The molecule has 2 rings (SSSR count). The Morgan fingerprint density at radius 2 is 1.59 bits per heavy atom. The van der Waals surface area contributed by atoms with Gasteiger partial charge in [-0.25, -0.2) is 4.79 Å². The first-order valence-electron chi connectivity index (χ1n) is 9.93. The largest absolute Gasteiger partial charge is 0.455 e. The van der Waals surface area contributed by atoms with E-state index in [4.69, 9.17) is 16.3 Å². The minimum atomic E-state index is -0.767. The molecule has 9 heteroatoms. The average Bonchev–Trinajstić information content (AvgIpc) is 2.71. The van der Waals surface area contributed by atoms with E-state index in [1.807, 2.05) is 6.07 Å². The lowest BCUT2D eigenvalue weighted by Gasteiger charge is -2.20. The maximum absolute atomic E-state index is 12.7. The Morgan fingerprint density at radius 3 is 2.22 bits per heavy atom. The van der Waals surface area contributed by atoms with Gasteiger partial charge in [0.05, 0.1) is 23.0 Å². The summed E-state index contributed by atoms with van der Waals surface area (Å²) in [5.41, 5.74) is 0.427. The van der Waals surface area contributed by atoms with Gasteiger partial charge in [0, 0.05) is 5.54 Å². The van der Waals surface area contributed by atoms with E-state index in [0.29, 0.717) is 5.56 Å². The molecule has 0 bridgehead atoms. The molecule has 170 valence electrons. The number of hydrogen-bond acceptors (Lipinski definition) is 5. The minimum absolute atomic E-state index is 0.221. The smallest absolute Gasteiger partial charge is 0.321 e. The minimum Gasteiger partial charge on any atom is -0.455 e. The molecular weight excluding hydrogens is 434 g/mol. The zero-order valence-corrected chi connectivity index (χ0v) is 18.9. The van der Waals surface area contributed by atoms with E-state index < -0.39 is 42.0 Å². The third-order valence-electron chi connectivity index (χ3n) is 4.10. The summed E-state index contributed by atoms with van der Waals surface area (Å²) in [5.74, 6) is -1.94. The van der Waals surface area contributed by atoms with Crippen molar-refractivity contribution in [2.24, 2.45) is 0 Å². The molecule has 0 heterocycles. The summed E-state index contributed by atoms with van der Waals surface area (Å²) >= 11 is 6.09. The summed E-state index contributed by atoms with van der Waals surface area (Å²) in [6.45, 7) is 4.66. The third kappa shape index (κ3) is 8.39. The summed E-state index contributed by atoms with van der Waals surface area (Å²) in [6.07, 6.45) is -0.221. The number of esters is 1. The highest BCUT2D eigenvalue weighted by Gasteiger charge is 2.22. The van der Waals surface area contributed by atoms with Crippen LogP contribution in [0.25, 0.3) is 0 Å². The SMILES string of the molecule is CC(C)(C)NC(=O)NC(=O)COC(=O)CC(NC(=O)c1ccccc1Cl)c1ccccc1. The van der Waals surface area contributed by atoms with Gasteiger partial charge in [-0.3, -0.25) is 19.7 Å². The Kier molecular flexibility index (Phi) is 8.78. The van der Waals surface area contributed by atoms with Gasteiger partial charge in [-0.05, 0) is 38.5 Å². The molecular formula is C23H26ClN3O5. The van der Waals surface area contributed by atoms with Crippen molar-refractivity contribution in [1.29, 1.82) is 0 Å². The fraction of sp³-hybridized carbons (Fsp3) is 0.304. The lowest BCUT2D eigenvalue weighted by molar-refractivity contribution is -0.148. The Bertz CT molecular complexity index is 973. The van der Waals surface area contributed by atoms with Crippen LogP contribution in [0.2, 0.25) is 5.02 Å². The highest BCUT2D eigenvalue weighted by molar-refractivity contribution is 6.33. The molecule has 32 heavy (non-hydrogen) atoms. The highest BCUT2D eigenvalue weighted by Crippen LogP contribution is 2.20. The van der Waals surface area contributed by atoms with Crippen LogP contribution >= 0.6 is 11.6 Å². The maximum atomic E-state index is 12.7. The van der Waals surface area contributed by atoms with Crippen LogP contribution in [0.4, 0.5) is 4.79 Å². The van der Waals surface area contributed by atoms with E-state index in [1.165, 1.54) is 0 Å². The molecule has 0 aromatic heterocycles. The zero-order valence-electron chi connectivity index (χ0n) is 18.1. The van der Waals surface area contributed by atoms with Crippen LogP contribution in [0.3, 0.4) is 0 Å². The summed E-state index contributed by atoms with van der Waals surface area (Å²) in [7, 11) is 0. The predicted octanol–water partition coefficient (Wildman–Crippen LogP) is 3.37. The molecule has 0 aliphatic heterocycles. The first-order chi connectivity index (χ1) is 15.0. The van der Waals surface area contributed by atoms with Crippen molar-refractivity contribution >= 4 is 35.4 Å². The van der Waals surface area contributed by atoms with Gasteiger partial charge in [0.15, 0.2) is 6.61 Å². The predicted molar refractivity (Wildman–Crippen MR) is 120 cm³/mol. The van der Waals surface area contributed by atoms with Crippen molar-refractivity contribution in [2.45, 2.75) is 38.8 Å². The standard InChI is InChI=1S/C23H26ClN3O5/c1-23(2,3)27-22(31)26-19(28)14-32-20(29)13-18(15-9-5-4-6-10-15)25-21(30)16-11-7-8-12-17(16)24/h4-12,18H,13-14H2,1-3H3,(H,25,30)(H2,26,27,28,31). The number of carbonyl (C=O) groups excluding carboxylic acids is 4. The molecule has 0 radical (unpaired) electrons. The number of ether oxygens (including phenoxy) is 1. The van der Waals surface area contributed by atoms with Gasteiger partial charge in [-0.1, -0.05) is 54.1 Å². The number of hydrogen-bond donors (Lipinski definition) is 3. The molecule has 2 aromatic carbocycles. The number of benzene rings is 2. The molecule has 0 aliphatic carbocycles. The normalized spacial score (nSPS) is 11.8. The van der Waals surface area contributed by atoms with E-state index in [1.54, 1.807) is 69.3 Å². The molecule has 0 saturated heterocycles. The molecule has 2 aromatic rings. The molecule has 0 aliphatic rings. The fourth-order valence-electron chi connectivity index (χ4n) is 2.73. The molecule has 0 saturated carbocycles. The zero-order chi connectivity index (χ0) is 23.7.